The summed E-state index contributed by atoms with van der Waals surface area (Å²) in [5.41, 5.74) is 0. The largest absolute Gasteiger partial charge is 0.395 e. The van der Waals surface area contributed by atoms with Gasteiger partial charge in [0.15, 0.2) is 0 Å². The lowest BCUT2D eigenvalue weighted by molar-refractivity contribution is 0.121. The smallest absolute Gasteiger partial charge is 0.150 e. The first kappa shape index (κ1) is 12.9. The van der Waals surface area contributed by atoms with Crippen LogP contribution in [0.4, 0.5) is 0 Å². The van der Waals surface area contributed by atoms with Crippen molar-refractivity contribution < 1.29 is 18.3 Å². The summed E-state index contributed by atoms with van der Waals surface area (Å²) in [6, 6.07) is 0.0848. The molecule has 15 heavy (non-hydrogen) atoms. The van der Waals surface area contributed by atoms with Gasteiger partial charge in [-0.3, -0.25) is 0 Å². The Hall–Kier alpha value is -0.170. The molecule has 1 rings (SSSR count). The van der Waals surface area contributed by atoms with Gasteiger partial charge in [0.25, 0.3) is 0 Å². The third kappa shape index (κ3) is 4.46. The van der Waals surface area contributed by atoms with Gasteiger partial charge in [0.05, 0.1) is 30.8 Å². The molecule has 1 aliphatic rings. The van der Waals surface area contributed by atoms with Crippen LogP contribution >= 0.6 is 0 Å². The fraction of sp³-hybridized carbons (Fsp3) is 1.00. The first-order valence-electron chi connectivity index (χ1n) is 5.13. The van der Waals surface area contributed by atoms with Crippen LogP contribution in [-0.2, 0) is 14.6 Å². The molecule has 1 saturated heterocycles. The number of methoxy groups -OCH3 is 1. The van der Waals surface area contributed by atoms with E-state index in [1.807, 2.05) is 0 Å². The predicted octanol–water partition coefficient (Wildman–Crippen LogP) is -0.839. The molecule has 0 amide bonds. The minimum atomic E-state index is -2.80. The molecule has 5 nitrogen and oxygen atoms in total. The highest BCUT2D eigenvalue weighted by molar-refractivity contribution is 7.91. The quantitative estimate of drug-likeness (QED) is 0.652. The summed E-state index contributed by atoms with van der Waals surface area (Å²) in [7, 11) is -1.23. The average Bonchev–Trinajstić information content (AvgIpc) is 2.20. The molecule has 1 unspecified atom stereocenters. The minimum absolute atomic E-state index is 0.0110. The number of rotatable bonds is 5. The lowest BCUT2D eigenvalue weighted by Gasteiger charge is -2.27. The SMILES string of the molecule is COCC(CO)NC1CCS(=O)(=O)CC1. The van der Waals surface area contributed by atoms with E-state index in [9.17, 15) is 8.42 Å². The molecular weight excluding hydrogens is 218 g/mol. The molecular formula is C9H19NO4S. The zero-order chi connectivity index (χ0) is 11.3. The van der Waals surface area contributed by atoms with Crippen molar-refractivity contribution in [2.24, 2.45) is 0 Å². The maximum atomic E-state index is 11.2. The molecule has 0 aromatic carbocycles. The highest BCUT2D eigenvalue weighted by Gasteiger charge is 2.24. The second-order valence-electron chi connectivity index (χ2n) is 3.93. The number of sulfone groups is 1. The zero-order valence-electron chi connectivity index (χ0n) is 8.98. The van der Waals surface area contributed by atoms with E-state index >= 15 is 0 Å². The molecule has 1 aliphatic heterocycles. The second-order valence-corrected chi connectivity index (χ2v) is 6.23. The van der Waals surface area contributed by atoms with E-state index < -0.39 is 9.84 Å². The lowest BCUT2D eigenvalue weighted by atomic mass is 10.1. The predicted molar refractivity (Wildman–Crippen MR) is 57.6 cm³/mol. The monoisotopic (exact) mass is 237 g/mol. The van der Waals surface area contributed by atoms with Gasteiger partial charge in [0, 0.05) is 13.2 Å². The number of aliphatic hydroxyl groups is 1. The van der Waals surface area contributed by atoms with E-state index in [1.54, 1.807) is 7.11 Å². The van der Waals surface area contributed by atoms with Crippen molar-refractivity contribution in [3.63, 3.8) is 0 Å². The van der Waals surface area contributed by atoms with E-state index in [4.69, 9.17) is 9.84 Å². The third-order valence-corrected chi connectivity index (χ3v) is 4.33. The molecule has 0 spiro atoms. The fourth-order valence-electron chi connectivity index (χ4n) is 1.74. The maximum Gasteiger partial charge on any atom is 0.150 e. The molecule has 1 atom stereocenters. The normalized spacial score (nSPS) is 23.9. The van der Waals surface area contributed by atoms with Crippen LogP contribution in [-0.4, -0.2) is 57.4 Å². The van der Waals surface area contributed by atoms with Crippen LogP contribution < -0.4 is 5.32 Å². The van der Waals surface area contributed by atoms with Crippen molar-refractivity contribution in [3.8, 4) is 0 Å². The fourth-order valence-corrected chi connectivity index (χ4v) is 3.24. The van der Waals surface area contributed by atoms with Crippen LogP contribution in [0.1, 0.15) is 12.8 Å². The van der Waals surface area contributed by atoms with Gasteiger partial charge >= 0.3 is 0 Å². The van der Waals surface area contributed by atoms with Gasteiger partial charge in [-0.2, -0.15) is 0 Å². The van der Waals surface area contributed by atoms with Crippen LogP contribution in [0, 0.1) is 0 Å². The van der Waals surface area contributed by atoms with Crippen LogP contribution in [0.2, 0.25) is 0 Å². The van der Waals surface area contributed by atoms with Gasteiger partial charge in [-0.1, -0.05) is 0 Å². The van der Waals surface area contributed by atoms with Gasteiger partial charge in [-0.05, 0) is 12.8 Å². The number of nitrogens with one attached hydrogen (secondary N) is 1. The highest BCUT2D eigenvalue weighted by atomic mass is 32.2. The molecule has 0 saturated carbocycles. The molecule has 6 heteroatoms. The Balaban J connectivity index is 2.34. The van der Waals surface area contributed by atoms with Gasteiger partial charge in [-0.15, -0.1) is 0 Å². The molecule has 2 N–H and O–H groups in total. The van der Waals surface area contributed by atoms with Crippen LogP contribution in [0.15, 0.2) is 0 Å². The Labute approximate surface area is 90.7 Å². The molecule has 0 aromatic rings. The van der Waals surface area contributed by atoms with Crippen LogP contribution in [0.25, 0.3) is 0 Å². The van der Waals surface area contributed by atoms with Crippen molar-refractivity contribution >= 4 is 9.84 Å². The highest BCUT2D eigenvalue weighted by Crippen LogP contribution is 2.12. The number of ether oxygens (including phenoxy) is 1. The average molecular weight is 237 g/mol. The number of hydrogen-bond donors (Lipinski definition) is 2. The maximum absolute atomic E-state index is 11.2. The Bertz CT molecular complexity index is 264. The van der Waals surface area contributed by atoms with E-state index in [1.165, 1.54) is 0 Å². The van der Waals surface area contributed by atoms with Crippen molar-refractivity contribution in [2.45, 2.75) is 24.9 Å². The zero-order valence-corrected chi connectivity index (χ0v) is 9.79. The summed E-state index contributed by atoms with van der Waals surface area (Å²) in [6.07, 6.45) is 1.26. The summed E-state index contributed by atoms with van der Waals surface area (Å²) < 4.78 is 27.3. The minimum Gasteiger partial charge on any atom is -0.395 e. The number of aliphatic hydroxyl groups excluding tert-OH is 1. The topological polar surface area (TPSA) is 75.6 Å². The summed E-state index contributed by atoms with van der Waals surface area (Å²) >= 11 is 0. The molecule has 0 radical (unpaired) electrons. The Morgan fingerprint density at radius 3 is 2.53 bits per heavy atom. The van der Waals surface area contributed by atoms with E-state index in [0.29, 0.717) is 19.4 Å². The van der Waals surface area contributed by atoms with Gasteiger partial charge in [0.1, 0.15) is 9.84 Å². The molecule has 0 aliphatic carbocycles. The van der Waals surface area contributed by atoms with E-state index in [2.05, 4.69) is 5.32 Å². The van der Waals surface area contributed by atoms with Gasteiger partial charge in [-0.25, -0.2) is 8.42 Å². The summed E-state index contributed by atoms with van der Waals surface area (Å²) in [4.78, 5) is 0. The Morgan fingerprint density at radius 1 is 1.47 bits per heavy atom. The van der Waals surface area contributed by atoms with Gasteiger partial charge < -0.3 is 15.2 Å². The second kappa shape index (κ2) is 5.79. The standard InChI is InChI=1S/C9H19NO4S/c1-14-7-9(6-11)10-8-2-4-15(12,13)5-3-8/h8-11H,2-7H2,1H3. The summed E-state index contributed by atoms with van der Waals surface area (Å²) in [5, 5.41) is 12.2. The Morgan fingerprint density at radius 2 is 2.07 bits per heavy atom. The van der Waals surface area contributed by atoms with Crippen LogP contribution in [0.3, 0.4) is 0 Å². The molecule has 90 valence electrons. The molecule has 1 heterocycles. The van der Waals surface area contributed by atoms with Crippen molar-refractivity contribution in [3.05, 3.63) is 0 Å². The third-order valence-electron chi connectivity index (χ3n) is 2.61. The lowest BCUT2D eigenvalue weighted by Crippen LogP contribution is -2.46. The van der Waals surface area contributed by atoms with Gasteiger partial charge in [0.2, 0.25) is 0 Å². The molecule has 0 bridgehead atoms. The van der Waals surface area contributed by atoms with Crippen molar-refractivity contribution in [1.82, 2.24) is 5.32 Å². The summed E-state index contributed by atoms with van der Waals surface area (Å²) in [6.45, 7) is 0.455. The van der Waals surface area contributed by atoms with E-state index in [-0.39, 0.29) is 30.2 Å². The van der Waals surface area contributed by atoms with Crippen LogP contribution in [0.5, 0.6) is 0 Å². The summed E-state index contributed by atoms with van der Waals surface area (Å²) in [5.74, 6) is 0.492. The molecule has 1 fully saturated rings. The Kier molecular flexibility index (Phi) is 4.98. The van der Waals surface area contributed by atoms with Crippen molar-refractivity contribution in [2.75, 3.05) is 31.8 Å². The molecule has 0 aromatic heterocycles. The number of hydrogen-bond acceptors (Lipinski definition) is 5. The first-order valence-corrected chi connectivity index (χ1v) is 6.96. The van der Waals surface area contributed by atoms with E-state index in [0.717, 1.165) is 0 Å². The first-order chi connectivity index (χ1) is 7.07. The van der Waals surface area contributed by atoms with Crippen molar-refractivity contribution in [1.29, 1.82) is 0 Å².